The maximum atomic E-state index is 12.9. The maximum Gasteiger partial charge on any atom is 0.271 e. The van der Waals surface area contributed by atoms with Crippen molar-refractivity contribution >= 4 is 16.9 Å². The topological polar surface area (TPSA) is 117 Å². The van der Waals surface area contributed by atoms with E-state index in [0.717, 1.165) is 44.5 Å². The Balaban J connectivity index is 1.04. The van der Waals surface area contributed by atoms with Gasteiger partial charge in [-0.2, -0.15) is 0 Å². The van der Waals surface area contributed by atoms with E-state index in [1.165, 1.54) is 6.20 Å². The summed E-state index contributed by atoms with van der Waals surface area (Å²) in [5, 5.41) is 23.7. The maximum absolute atomic E-state index is 12.9. The minimum atomic E-state index is -0.639. The minimum Gasteiger partial charge on any atom is -0.392 e. The van der Waals surface area contributed by atoms with Gasteiger partial charge in [0.15, 0.2) is 6.29 Å². The number of aliphatic hydroxyl groups excluding tert-OH is 2. The molecule has 5 aromatic carbocycles. The lowest BCUT2D eigenvalue weighted by Crippen LogP contribution is -2.43. The number of carbonyl (C=O) groups excluding carboxylic acids is 1. The van der Waals surface area contributed by atoms with Crippen LogP contribution in [0.4, 0.5) is 0 Å². The van der Waals surface area contributed by atoms with Crippen LogP contribution in [-0.4, -0.2) is 56.7 Å². The van der Waals surface area contributed by atoms with Gasteiger partial charge in [0.2, 0.25) is 0 Å². The molecule has 2 heterocycles. The van der Waals surface area contributed by atoms with Crippen LogP contribution in [0, 0.1) is 0 Å². The van der Waals surface area contributed by atoms with Gasteiger partial charge in [0, 0.05) is 31.1 Å². The number of ether oxygens (including phenoxy) is 2. The van der Waals surface area contributed by atoms with Crippen molar-refractivity contribution in [1.82, 2.24) is 20.2 Å². The SMILES string of the molecule is CC(C(O)c1ccccc1)N(C)CC1CC(c2ccc(CO)cc2)OC(c2ccc(-c3cccc(CNC(=O)c4cnc5ccccc5n4)c3)cc2)O1. The van der Waals surface area contributed by atoms with Crippen LogP contribution in [0.1, 0.15) is 70.1 Å². The predicted molar refractivity (Wildman–Crippen MR) is 205 cm³/mol. The average Bonchev–Trinajstić information content (AvgIpc) is 3.22. The van der Waals surface area contributed by atoms with Crippen LogP contribution >= 0.6 is 0 Å². The van der Waals surface area contributed by atoms with E-state index in [1.54, 1.807) is 0 Å². The lowest BCUT2D eigenvalue weighted by atomic mass is 9.98. The summed E-state index contributed by atoms with van der Waals surface area (Å²) in [5.74, 6) is -0.278. The molecule has 1 fully saturated rings. The van der Waals surface area contributed by atoms with Crippen LogP contribution in [0.15, 0.2) is 134 Å². The highest BCUT2D eigenvalue weighted by Crippen LogP contribution is 2.39. The Labute approximate surface area is 309 Å². The third kappa shape index (κ3) is 8.68. The normalized spacial score (nSPS) is 18.5. The number of benzene rings is 5. The molecule has 5 atom stereocenters. The molecule has 9 heteroatoms. The number of nitrogens with zero attached hydrogens (tertiary/aromatic N) is 3. The molecule has 53 heavy (non-hydrogen) atoms. The summed E-state index contributed by atoms with van der Waals surface area (Å²) in [6, 6.07) is 41.2. The first-order chi connectivity index (χ1) is 25.8. The van der Waals surface area contributed by atoms with E-state index < -0.39 is 12.4 Å². The molecular weight excluding hydrogens is 665 g/mol. The Kier molecular flexibility index (Phi) is 11.3. The van der Waals surface area contributed by atoms with Gasteiger partial charge in [-0.25, -0.2) is 4.98 Å². The molecule has 0 bridgehead atoms. The van der Waals surface area contributed by atoms with Crippen molar-refractivity contribution in [2.75, 3.05) is 13.6 Å². The summed E-state index contributed by atoms with van der Waals surface area (Å²) in [5.41, 5.74) is 8.35. The van der Waals surface area contributed by atoms with Gasteiger partial charge in [0.05, 0.1) is 42.1 Å². The van der Waals surface area contributed by atoms with Crippen molar-refractivity contribution in [3.8, 4) is 11.1 Å². The fourth-order valence-electron chi connectivity index (χ4n) is 6.72. The standard InChI is InChI=1S/C44H44N4O5/c1-29(42(50)34-10-4-3-5-11-34)48(2)27-37-24-41(33-17-15-30(28-49)16-18-33)53-44(52-37)35-21-19-32(20-22-35)36-12-8-9-31(23-36)25-46-43(51)40-26-45-38-13-6-7-14-39(38)47-40/h3-23,26,29,37,41-42,44,49-50H,24-25,27-28H2,1-2H3,(H,46,51). The number of likely N-dealkylation sites (N-methyl/N-ethyl adjacent to an activating group) is 1. The third-order valence-corrected chi connectivity index (χ3v) is 9.98. The van der Waals surface area contributed by atoms with E-state index >= 15 is 0 Å². The number of amides is 1. The predicted octanol–water partition coefficient (Wildman–Crippen LogP) is 7.32. The van der Waals surface area contributed by atoms with Crippen molar-refractivity contribution in [3.05, 3.63) is 167 Å². The Morgan fingerprint density at radius 1 is 0.830 bits per heavy atom. The minimum absolute atomic E-state index is 0.0169. The second kappa shape index (κ2) is 16.6. The first-order valence-electron chi connectivity index (χ1n) is 18.0. The Bertz CT molecular complexity index is 2130. The van der Waals surface area contributed by atoms with Gasteiger partial charge in [-0.3, -0.25) is 14.7 Å². The van der Waals surface area contributed by atoms with E-state index in [2.05, 4.69) is 38.4 Å². The molecular formula is C44H44N4O5. The summed E-state index contributed by atoms with van der Waals surface area (Å²) in [6.07, 6.45) is 0.512. The zero-order valence-electron chi connectivity index (χ0n) is 29.9. The van der Waals surface area contributed by atoms with Gasteiger partial charge in [-0.15, -0.1) is 0 Å². The number of nitrogens with one attached hydrogen (secondary N) is 1. The van der Waals surface area contributed by atoms with Crippen LogP contribution in [-0.2, 0) is 22.6 Å². The fraction of sp³-hybridized carbons (Fsp3) is 0.250. The first kappa shape index (κ1) is 36.1. The number of aliphatic hydroxyl groups is 2. The van der Waals surface area contributed by atoms with Gasteiger partial charge in [0.25, 0.3) is 5.91 Å². The molecule has 1 aliphatic heterocycles. The van der Waals surface area contributed by atoms with E-state index in [4.69, 9.17) is 9.47 Å². The lowest BCUT2D eigenvalue weighted by molar-refractivity contribution is -0.253. The summed E-state index contributed by atoms with van der Waals surface area (Å²) >= 11 is 0. The number of fused-ring (bicyclic) bond motifs is 1. The van der Waals surface area contributed by atoms with Crippen LogP contribution in [0.2, 0.25) is 0 Å². The highest BCUT2D eigenvalue weighted by atomic mass is 16.7. The second-order valence-corrected chi connectivity index (χ2v) is 13.6. The molecule has 9 nitrogen and oxygen atoms in total. The quantitative estimate of drug-likeness (QED) is 0.121. The Hall–Kier alpha value is -5.29. The molecule has 0 spiro atoms. The summed E-state index contributed by atoms with van der Waals surface area (Å²) < 4.78 is 13.2. The number of rotatable bonds is 12. The van der Waals surface area contributed by atoms with Crippen molar-refractivity contribution in [2.24, 2.45) is 0 Å². The molecule has 1 aliphatic rings. The molecule has 0 radical (unpaired) electrons. The second-order valence-electron chi connectivity index (χ2n) is 13.6. The van der Waals surface area contributed by atoms with Gasteiger partial charge in [0.1, 0.15) is 5.69 Å². The average molecular weight is 709 g/mol. The van der Waals surface area contributed by atoms with Gasteiger partial charge >= 0.3 is 0 Å². The van der Waals surface area contributed by atoms with Crippen molar-refractivity contribution in [1.29, 1.82) is 0 Å². The summed E-state index contributed by atoms with van der Waals surface area (Å²) in [4.78, 5) is 23.8. The van der Waals surface area contributed by atoms with Gasteiger partial charge in [-0.1, -0.05) is 109 Å². The Morgan fingerprint density at radius 3 is 2.30 bits per heavy atom. The zero-order valence-corrected chi connectivity index (χ0v) is 29.9. The van der Waals surface area contributed by atoms with Gasteiger partial charge in [-0.05, 0) is 65.6 Å². The fourth-order valence-corrected chi connectivity index (χ4v) is 6.72. The highest BCUT2D eigenvalue weighted by Gasteiger charge is 2.34. The van der Waals surface area contributed by atoms with E-state index in [1.807, 2.05) is 123 Å². The first-order valence-corrected chi connectivity index (χ1v) is 18.0. The number of aromatic nitrogens is 2. The van der Waals surface area contributed by atoms with Crippen LogP contribution in [0.5, 0.6) is 0 Å². The number of para-hydroxylation sites is 2. The molecule has 270 valence electrons. The van der Waals surface area contributed by atoms with Crippen LogP contribution in [0.3, 0.4) is 0 Å². The summed E-state index contributed by atoms with van der Waals surface area (Å²) in [7, 11) is 2.02. The van der Waals surface area contributed by atoms with E-state index in [9.17, 15) is 15.0 Å². The molecule has 3 N–H and O–H groups in total. The van der Waals surface area contributed by atoms with Gasteiger partial charge < -0.3 is 25.0 Å². The highest BCUT2D eigenvalue weighted by molar-refractivity contribution is 5.93. The van der Waals surface area contributed by atoms with E-state index in [-0.39, 0.29) is 36.5 Å². The van der Waals surface area contributed by atoms with E-state index in [0.29, 0.717) is 25.0 Å². The molecule has 1 saturated heterocycles. The molecule has 0 aliphatic carbocycles. The molecule has 0 saturated carbocycles. The monoisotopic (exact) mass is 708 g/mol. The molecule has 6 aromatic rings. The lowest BCUT2D eigenvalue weighted by Gasteiger charge is -2.39. The largest absolute Gasteiger partial charge is 0.392 e. The van der Waals surface area contributed by atoms with Crippen molar-refractivity contribution in [2.45, 2.75) is 57.1 Å². The molecule has 5 unspecified atom stereocenters. The number of hydrogen-bond acceptors (Lipinski definition) is 8. The van der Waals surface area contributed by atoms with Crippen molar-refractivity contribution in [3.63, 3.8) is 0 Å². The Morgan fingerprint density at radius 2 is 1.55 bits per heavy atom. The number of hydrogen-bond donors (Lipinski definition) is 3. The third-order valence-electron chi connectivity index (χ3n) is 9.98. The smallest absolute Gasteiger partial charge is 0.271 e. The van der Waals surface area contributed by atoms with Crippen molar-refractivity contribution < 1.29 is 24.5 Å². The van der Waals surface area contributed by atoms with Crippen LogP contribution < -0.4 is 5.32 Å². The zero-order chi connectivity index (χ0) is 36.7. The molecule has 1 amide bonds. The molecule has 7 rings (SSSR count). The summed E-state index contributed by atoms with van der Waals surface area (Å²) in [6.45, 7) is 2.96. The molecule has 1 aromatic heterocycles. The van der Waals surface area contributed by atoms with Crippen LogP contribution in [0.25, 0.3) is 22.2 Å². The number of carbonyl (C=O) groups is 1.